The fraction of sp³-hybridized carbons (Fsp3) is 0.684. The molecule has 0 saturated heterocycles. The van der Waals surface area contributed by atoms with E-state index in [1.54, 1.807) is 0 Å². The number of hydrogen-bond donors (Lipinski definition) is 1. The van der Waals surface area contributed by atoms with Gasteiger partial charge in [-0.1, -0.05) is 43.9 Å². The third-order valence-corrected chi connectivity index (χ3v) is 5.15. The zero-order valence-corrected chi connectivity index (χ0v) is 13.5. The average Bonchev–Trinajstić information content (AvgIpc) is 2.73. The van der Waals surface area contributed by atoms with Crippen molar-refractivity contribution in [1.29, 1.82) is 0 Å². The zero-order valence-electron chi connectivity index (χ0n) is 13.5. The van der Waals surface area contributed by atoms with Crippen LogP contribution in [0.15, 0.2) is 18.2 Å². The molecule has 3 atom stereocenters. The number of ether oxygens (including phenoxy) is 1. The molecule has 2 nitrogen and oxygen atoms in total. The molecular weight excluding hydrogens is 258 g/mol. The average molecular weight is 287 g/mol. The molecule has 21 heavy (non-hydrogen) atoms. The molecule has 1 aliphatic heterocycles. The number of aryl methyl sites for hydroxylation is 1. The Morgan fingerprint density at radius 2 is 2.05 bits per heavy atom. The molecule has 0 aromatic heterocycles. The molecule has 1 N–H and O–H groups in total. The van der Waals surface area contributed by atoms with E-state index in [0.29, 0.717) is 12.1 Å². The van der Waals surface area contributed by atoms with Gasteiger partial charge < -0.3 is 10.1 Å². The van der Waals surface area contributed by atoms with E-state index in [2.05, 4.69) is 37.4 Å². The van der Waals surface area contributed by atoms with Gasteiger partial charge in [0.25, 0.3) is 0 Å². The maximum Gasteiger partial charge on any atom is 0.123 e. The predicted octanol–water partition coefficient (Wildman–Crippen LogP) is 4.25. The Bertz CT molecular complexity index is 471. The fourth-order valence-electron chi connectivity index (χ4n) is 4.12. The fourth-order valence-corrected chi connectivity index (χ4v) is 4.12. The van der Waals surface area contributed by atoms with Gasteiger partial charge in [-0.2, -0.15) is 0 Å². The number of nitrogens with one attached hydrogen (secondary N) is 1. The first-order chi connectivity index (χ1) is 10.3. The molecule has 3 rings (SSSR count). The van der Waals surface area contributed by atoms with Crippen molar-refractivity contribution in [1.82, 2.24) is 5.32 Å². The van der Waals surface area contributed by atoms with Gasteiger partial charge in [0, 0.05) is 12.5 Å². The molecule has 2 heteroatoms. The van der Waals surface area contributed by atoms with Crippen molar-refractivity contribution in [2.45, 2.75) is 70.9 Å². The second-order valence-corrected chi connectivity index (χ2v) is 6.85. The lowest BCUT2D eigenvalue weighted by molar-refractivity contribution is 0.171. The number of hydrogen-bond acceptors (Lipinski definition) is 2. The first kappa shape index (κ1) is 14.9. The SMILES string of the molecule is CCNC1CCCCCC1CC1Cc2cc(C)ccc2O1. The summed E-state index contributed by atoms with van der Waals surface area (Å²) in [6.45, 7) is 5.48. The van der Waals surface area contributed by atoms with E-state index in [4.69, 9.17) is 4.74 Å². The minimum absolute atomic E-state index is 0.394. The highest BCUT2D eigenvalue weighted by atomic mass is 16.5. The van der Waals surface area contributed by atoms with E-state index < -0.39 is 0 Å². The first-order valence-electron chi connectivity index (χ1n) is 8.76. The van der Waals surface area contributed by atoms with Gasteiger partial charge in [0.05, 0.1) is 0 Å². The van der Waals surface area contributed by atoms with E-state index in [1.807, 2.05) is 0 Å². The minimum Gasteiger partial charge on any atom is -0.490 e. The van der Waals surface area contributed by atoms with Crippen molar-refractivity contribution >= 4 is 0 Å². The number of rotatable bonds is 4. The molecule has 0 bridgehead atoms. The summed E-state index contributed by atoms with van der Waals surface area (Å²) in [5.41, 5.74) is 2.76. The molecule has 1 aromatic carbocycles. The van der Waals surface area contributed by atoms with Crippen molar-refractivity contribution in [3.05, 3.63) is 29.3 Å². The molecule has 0 amide bonds. The van der Waals surface area contributed by atoms with Crippen LogP contribution in [0.5, 0.6) is 5.75 Å². The van der Waals surface area contributed by atoms with Crippen LogP contribution >= 0.6 is 0 Å². The van der Waals surface area contributed by atoms with Gasteiger partial charge in [-0.25, -0.2) is 0 Å². The van der Waals surface area contributed by atoms with Crippen LogP contribution in [0, 0.1) is 12.8 Å². The summed E-state index contributed by atoms with van der Waals surface area (Å²) in [6.07, 6.45) is 9.61. The van der Waals surface area contributed by atoms with Gasteiger partial charge in [-0.3, -0.25) is 0 Å². The molecule has 1 aliphatic carbocycles. The largest absolute Gasteiger partial charge is 0.490 e. The third kappa shape index (κ3) is 3.60. The Kier molecular flexibility index (Phi) is 4.84. The van der Waals surface area contributed by atoms with Crippen LogP contribution in [0.3, 0.4) is 0 Å². The lowest BCUT2D eigenvalue weighted by Gasteiger charge is -2.28. The molecule has 1 fully saturated rings. The van der Waals surface area contributed by atoms with Crippen LogP contribution in [0.2, 0.25) is 0 Å². The highest BCUT2D eigenvalue weighted by Crippen LogP contribution is 2.35. The molecule has 0 radical (unpaired) electrons. The van der Waals surface area contributed by atoms with E-state index in [-0.39, 0.29) is 0 Å². The highest BCUT2D eigenvalue weighted by molar-refractivity contribution is 5.40. The standard InChI is InChI=1S/C19H29NO/c1-3-20-18-8-6-4-5-7-15(18)12-17-13-16-11-14(2)9-10-19(16)21-17/h9-11,15,17-18,20H,3-8,12-13H2,1-2H3. The Balaban J connectivity index is 1.63. The van der Waals surface area contributed by atoms with Gasteiger partial charge in [-0.15, -0.1) is 0 Å². The third-order valence-electron chi connectivity index (χ3n) is 5.15. The van der Waals surface area contributed by atoms with Gasteiger partial charge in [0.2, 0.25) is 0 Å². The topological polar surface area (TPSA) is 21.3 Å². The predicted molar refractivity (Wildman–Crippen MR) is 88.0 cm³/mol. The van der Waals surface area contributed by atoms with E-state index in [9.17, 15) is 0 Å². The zero-order chi connectivity index (χ0) is 14.7. The molecule has 1 heterocycles. The van der Waals surface area contributed by atoms with Crippen LogP contribution in [0.4, 0.5) is 0 Å². The summed E-state index contributed by atoms with van der Waals surface area (Å²) >= 11 is 0. The summed E-state index contributed by atoms with van der Waals surface area (Å²) in [7, 11) is 0. The smallest absolute Gasteiger partial charge is 0.123 e. The van der Waals surface area contributed by atoms with Crippen LogP contribution in [-0.2, 0) is 6.42 Å². The molecule has 1 aromatic rings. The monoisotopic (exact) mass is 287 g/mol. The van der Waals surface area contributed by atoms with Crippen molar-refractivity contribution in [3.8, 4) is 5.75 Å². The summed E-state index contributed by atoms with van der Waals surface area (Å²) in [5, 5.41) is 3.72. The van der Waals surface area contributed by atoms with Crippen molar-refractivity contribution in [2.75, 3.05) is 6.54 Å². The van der Waals surface area contributed by atoms with Gasteiger partial charge >= 0.3 is 0 Å². The molecule has 2 aliphatic rings. The lowest BCUT2D eigenvalue weighted by atomic mass is 9.88. The van der Waals surface area contributed by atoms with Crippen LogP contribution in [0.25, 0.3) is 0 Å². The van der Waals surface area contributed by atoms with Crippen molar-refractivity contribution in [3.63, 3.8) is 0 Å². The Labute approximate surface area is 129 Å². The second-order valence-electron chi connectivity index (χ2n) is 6.85. The molecule has 0 spiro atoms. The summed E-state index contributed by atoms with van der Waals surface area (Å²) in [6, 6.07) is 7.31. The van der Waals surface area contributed by atoms with Crippen LogP contribution in [0.1, 0.15) is 56.6 Å². The second kappa shape index (κ2) is 6.83. The van der Waals surface area contributed by atoms with Crippen LogP contribution < -0.4 is 10.1 Å². The highest BCUT2D eigenvalue weighted by Gasteiger charge is 2.30. The van der Waals surface area contributed by atoms with E-state index in [1.165, 1.54) is 49.7 Å². The Morgan fingerprint density at radius 1 is 1.19 bits per heavy atom. The molecule has 1 saturated carbocycles. The quantitative estimate of drug-likeness (QED) is 0.836. The first-order valence-corrected chi connectivity index (χ1v) is 8.76. The maximum absolute atomic E-state index is 6.20. The Morgan fingerprint density at radius 3 is 2.90 bits per heavy atom. The summed E-state index contributed by atoms with van der Waals surface area (Å²) in [5.74, 6) is 1.91. The summed E-state index contributed by atoms with van der Waals surface area (Å²) < 4.78 is 6.20. The van der Waals surface area contributed by atoms with Gasteiger partial charge in [0.1, 0.15) is 11.9 Å². The van der Waals surface area contributed by atoms with Crippen molar-refractivity contribution in [2.24, 2.45) is 5.92 Å². The minimum atomic E-state index is 0.394. The van der Waals surface area contributed by atoms with E-state index in [0.717, 1.165) is 24.6 Å². The number of benzene rings is 1. The normalized spacial score (nSPS) is 28.8. The van der Waals surface area contributed by atoms with Crippen molar-refractivity contribution < 1.29 is 4.74 Å². The van der Waals surface area contributed by atoms with E-state index >= 15 is 0 Å². The van der Waals surface area contributed by atoms with Crippen LogP contribution in [-0.4, -0.2) is 18.7 Å². The molecule has 116 valence electrons. The molecular formula is C19H29NO. The lowest BCUT2D eigenvalue weighted by Crippen LogP contribution is -2.37. The summed E-state index contributed by atoms with van der Waals surface area (Å²) in [4.78, 5) is 0. The maximum atomic E-state index is 6.20. The van der Waals surface area contributed by atoms with Gasteiger partial charge in [0.15, 0.2) is 0 Å². The Hall–Kier alpha value is -1.02. The number of fused-ring (bicyclic) bond motifs is 1. The molecule has 3 unspecified atom stereocenters. The van der Waals surface area contributed by atoms with Gasteiger partial charge in [-0.05, 0) is 50.3 Å².